The standard InChI is InChI=1S/C21H27F2N3OS/c1-24-19(27)21(10-4-6-16-5-2-3-7-17(16)21)26(20(24)28)13-15-8-11-25(12-9-15)14-18(22)23/h2-3,5,7,15,18H,4,6,8-14H2,1H3. The van der Waals surface area contributed by atoms with Crippen molar-refractivity contribution >= 4 is 23.2 Å². The third kappa shape index (κ3) is 3.22. The number of fused-ring (bicyclic) bond motifs is 2. The molecule has 2 aliphatic heterocycles. The van der Waals surface area contributed by atoms with Crippen molar-refractivity contribution in [1.82, 2.24) is 14.7 Å². The number of carbonyl (C=O) groups excluding carboxylic acids is 1. The van der Waals surface area contributed by atoms with Crippen LogP contribution in [0, 0.1) is 5.92 Å². The van der Waals surface area contributed by atoms with Gasteiger partial charge >= 0.3 is 0 Å². The van der Waals surface area contributed by atoms with Gasteiger partial charge in [-0.1, -0.05) is 24.3 Å². The number of piperidine rings is 1. The first-order valence-corrected chi connectivity index (χ1v) is 10.5. The van der Waals surface area contributed by atoms with Crippen molar-refractivity contribution in [2.45, 2.75) is 44.1 Å². The van der Waals surface area contributed by atoms with Crippen LogP contribution in [0.1, 0.15) is 36.8 Å². The normalized spacial score (nSPS) is 26.6. The van der Waals surface area contributed by atoms with Crippen LogP contribution in [-0.4, -0.2) is 65.4 Å². The second kappa shape index (κ2) is 7.67. The highest BCUT2D eigenvalue weighted by molar-refractivity contribution is 7.80. The molecule has 2 fully saturated rings. The van der Waals surface area contributed by atoms with Crippen LogP contribution in [-0.2, 0) is 16.8 Å². The molecule has 3 aliphatic rings. The van der Waals surface area contributed by atoms with E-state index >= 15 is 0 Å². The van der Waals surface area contributed by atoms with E-state index in [-0.39, 0.29) is 12.5 Å². The van der Waals surface area contributed by atoms with Crippen molar-refractivity contribution in [1.29, 1.82) is 0 Å². The highest BCUT2D eigenvalue weighted by Crippen LogP contribution is 2.46. The Bertz CT molecular complexity index is 766. The molecule has 1 aromatic carbocycles. The molecule has 4 nitrogen and oxygen atoms in total. The molecule has 1 aromatic rings. The van der Waals surface area contributed by atoms with E-state index in [1.54, 1.807) is 11.9 Å². The predicted molar refractivity (Wildman–Crippen MR) is 108 cm³/mol. The van der Waals surface area contributed by atoms with Crippen molar-refractivity contribution < 1.29 is 13.6 Å². The molecule has 1 aliphatic carbocycles. The zero-order valence-corrected chi connectivity index (χ0v) is 17.1. The summed E-state index contributed by atoms with van der Waals surface area (Å²) in [5.41, 5.74) is 1.63. The maximum atomic E-state index is 13.4. The number of nitrogens with zero attached hydrogens (tertiary/aromatic N) is 3. The van der Waals surface area contributed by atoms with Gasteiger partial charge in [0.1, 0.15) is 5.54 Å². The Morgan fingerprint density at radius 1 is 1.25 bits per heavy atom. The molecular weight excluding hydrogens is 380 g/mol. The molecule has 1 unspecified atom stereocenters. The van der Waals surface area contributed by atoms with Gasteiger partial charge in [0.15, 0.2) is 5.11 Å². The van der Waals surface area contributed by atoms with Crippen molar-refractivity contribution in [3.05, 3.63) is 35.4 Å². The SMILES string of the molecule is CN1C(=O)C2(CCCc3ccccc32)N(CC2CCN(CC(F)F)CC2)C1=S. The lowest BCUT2D eigenvalue weighted by Crippen LogP contribution is -2.51. The Morgan fingerprint density at radius 3 is 2.68 bits per heavy atom. The summed E-state index contributed by atoms with van der Waals surface area (Å²) in [5, 5.41) is 0.594. The van der Waals surface area contributed by atoms with Gasteiger partial charge in [-0.25, -0.2) is 8.78 Å². The molecule has 1 spiro atoms. The molecule has 28 heavy (non-hydrogen) atoms. The van der Waals surface area contributed by atoms with Crippen LogP contribution in [0.25, 0.3) is 0 Å². The van der Waals surface area contributed by atoms with Gasteiger partial charge in [-0.3, -0.25) is 14.6 Å². The Balaban J connectivity index is 1.58. The number of amides is 1. The lowest BCUT2D eigenvalue weighted by molar-refractivity contribution is -0.134. The summed E-state index contributed by atoms with van der Waals surface area (Å²) >= 11 is 5.69. The maximum Gasteiger partial charge on any atom is 0.259 e. The number of alkyl halides is 2. The maximum absolute atomic E-state index is 13.4. The molecule has 2 saturated heterocycles. The number of carbonyl (C=O) groups is 1. The average Bonchev–Trinajstić information content (AvgIpc) is 2.86. The Morgan fingerprint density at radius 2 is 1.96 bits per heavy atom. The lowest BCUT2D eigenvalue weighted by Gasteiger charge is -2.43. The minimum atomic E-state index is -2.28. The topological polar surface area (TPSA) is 26.8 Å². The Hall–Kier alpha value is -1.60. The molecule has 0 N–H and O–H groups in total. The predicted octanol–water partition coefficient (Wildman–Crippen LogP) is 3.25. The fraction of sp³-hybridized carbons (Fsp3) is 0.619. The molecule has 1 amide bonds. The molecular formula is C21H27F2N3OS. The first-order chi connectivity index (χ1) is 13.4. The minimum Gasteiger partial charge on any atom is -0.330 e. The average molecular weight is 408 g/mol. The summed E-state index contributed by atoms with van der Waals surface area (Å²) < 4.78 is 25.3. The Kier molecular flexibility index (Phi) is 5.40. The number of rotatable bonds is 4. The fourth-order valence-electron chi connectivity index (χ4n) is 5.18. The van der Waals surface area contributed by atoms with Crippen LogP contribution in [0.2, 0.25) is 0 Å². The fourth-order valence-corrected chi connectivity index (χ4v) is 5.49. The summed E-state index contributed by atoms with van der Waals surface area (Å²) in [5.74, 6) is 0.428. The number of hydrogen-bond donors (Lipinski definition) is 0. The highest BCUT2D eigenvalue weighted by atomic mass is 32.1. The number of hydrogen-bond acceptors (Lipinski definition) is 3. The lowest BCUT2D eigenvalue weighted by atomic mass is 9.75. The van der Waals surface area contributed by atoms with Gasteiger partial charge in [0.2, 0.25) is 0 Å². The third-order valence-electron chi connectivity index (χ3n) is 6.63. The zero-order chi connectivity index (χ0) is 19.9. The first-order valence-electron chi connectivity index (χ1n) is 10.1. The van der Waals surface area contributed by atoms with Crippen molar-refractivity contribution in [2.24, 2.45) is 5.92 Å². The number of aryl methyl sites for hydroxylation is 1. The molecule has 0 radical (unpaired) electrons. The van der Waals surface area contributed by atoms with Gasteiger partial charge in [0.05, 0.1) is 6.54 Å². The number of benzene rings is 1. The van der Waals surface area contributed by atoms with E-state index in [0.717, 1.165) is 37.7 Å². The van der Waals surface area contributed by atoms with Crippen LogP contribution >= 0.6 is 12.2 Å². The van der Waals surface area contributed by atoms with Crippen molar-refractivity contribution in [3.8, 4) is 0 Å². The molecule has 4 rings (SSSR count). The second-order valence-electron chi connectivity index (χ2n) is 8.26. The number of halogens is 2. The Labute approximate surface area is 170 Å². The zero-order valence-electron chi connectivity index (χ0n) is 16.2. The minimum absolute atomic E-state index is 0.0692. The van der Waals surface area contributed by atoms with E-state index in [1.165, 1.54) is 5.56 Å². The van der Waals surface area contributed by atoms with Crippen molar-refractivity contribution in [2.75, 3.05) is 33.2 Å². The van der Waals surface area contributed by atoms with Gasteiger partial charge in [0, 0.05) is 13.6 Å². The first kappa shape index (κ1) is 19.7. The molecule has 0 saturated carbocycles. The molecule has 152 valence electrons. The molecule has 2 heterocycles. The van der Waals surface area contributed by atoms with E-state index in [2.05, 4.69) is 17.0 Å². The van der Waals surface area contributed by atoms with Gasteiger partial charge in [-0.15, -0.1) is 0 Å². The summed E-state index contributed by atoms with van der Waals surface area (Å²) in [6, 6.07) is 8.22. The number of likely N-dealkylation sites (N-methyl/N-ethyl adjacent to an activating group) is 1. The van der Waals surface area contributed by atoms with Crippen LogP contribution in [0.15, 0.2) is 24.3 Å². The second-order valence-corrected chi connectivity index (χ2v) is 8.63. The van der Waals surface area contributed by atoms with Crippen LogP contribution in [0.4, 0.5) is 8.78 Å². The van der Waals surface area contributed by atoms with Crippen LogP contribution in [0.5, 0.6) is 0 Å². The quantitative estimate of drug-likeness (QED) is 0.716. The van der Waals surface area contributed by atoms with Gasteiger partial charge < -0.3 is 4.90 Å². The summed E-state index contributed by atoms with van der Waals surface area (Å²) in [6.45, 7) is 1.94. The van der Waals surface area contributed by atoms with E-state index in [4.69, 9.17) is 12.2 Å². The monoisotopic (exact) mass is 407 g/mol. The molecule has 7 heteroatoms. The molecule has 0 bridgehead atoms. The van der Waals surface area contributed by atoms with Crippen LogP contribution in [0.3, 0.4) is 0 Å². The smallest absolute Gasteiger partial charge is 0.259 e. The number of thiocarbonyl (C=S) groups is 1. The van der Waals surface area contributed by atoms with E-state index in [9.17, 15) is 13.6 Å². The largest absolute Gasteiger partial charge is 0.330 e. The number of likely N-dealkylation sites (tertiary alicyclic amines) is 1. The molecule has 0 aromatic heterocycles. The summed E-state index contributed by atoms with van der Waals surface area (Å²) in [4.78, 5) is 19.0. The summed E-state index contributed by atoms with van der Waals surface area (Å²) in [6.07, 6.45) is 2.17. The highest BCUT2D eigenvalue weighted by Gasteiger charge is 2.56. The van der Waals surface area contributed by atoms with Gasteiger partial charge in [-0.05, 0) is 74.5 Å². The van der Waals surface area contributed by atoms with Crippen molar-refractivity contribution in [3.63, 3.8) is 0 Å². The van der Waals surface area contributed by atoms with E-state index < -0.39 is 12.0 Å². The van der Waals surface area contributed by atoms with E-state index in [1.807, 2.05) is 17.0 Å². The van der Waals surface area contributed by atoms with Crippen LogP contribution < -0.4 is 0 Å². The van der Waals surface area contributed by atoms with E-state index in [0.29, 0.717) is 30.7 Å². The summed E-state index contributed by atoms with van der Waals surface area (Å²) in [7, 11) is 1.77. The van der Waals surface area contributed by atoms with Gasteiger partial charge in [0.25, 0.3) is 12.3 Å². The molecule has 1 atom stereocenters. The van der Waals surface area contributed by atoms with Gasteiger partial charge in [-0.2, -0.15) is 0 Å². The third-order valence-corrected chi connectivity index (χ3v) is 7.12.